The summed E-state index contributed by atoms with van der Waals surface area (Å²) in [4.78, 5) is 25.2. The third kappa shape index (κ3) is 5.41. The summed E-state index contributed by atoms with van der Waals surface area (Å²) in [5.74, 6) is 0.423. The first-order valence-electron chi connectivity index (χ1n) is 11.4. The van der Waals surface area contributed by atoms with Gasteiger partial charge < -0.3 is 15.3 Å². The predicted molar refractivity (Wildman–Crippen MR) is 145 cm³/mol. The Morgan fingerprint density at radius 3 is 2.31 bits per heavy atom. The van der Waals surface area contributed by atoms with Crippen molar-refractivity contribution < 1.29 is 9.90 Å². The van der Waals surface area contributed by atoms with Crippen molar-refractivity contribution in [3.63, 3.8) is 0 Å². The van der Waals surface area contributed by atoms with Crippen LogP contribution in [0.4, 0.5) is 17.2 Å². The van der Waals surface area contributed by atoms with Crippen molar-refractivity contribution in [1.82, 2.24) is 9.97 Å². The highest BCUT2D eigenvalue weighted by Crippen LogP contribution is 2.35. The van der Waals surface area contributed by atoms with E-state index in [1.807, 2.05) is 20.2 Å². The van der Waals surface area contributed by atoms with E-state index in [4.69, 9.17) is 9.97 Å². The highest BCUT2D eigenvalue weighted by Gasteiger charge is 2.16. The van der Waals surface area contributed by atoms with E-state index in [0.29, 0.717) is 18.1 Å². The number of aromatic nitrogens is 2. The summed E-state index contributed by atoms with van der Waals surface area (Å²) in [6, 6.07) is 19.3. The minimum Gasteiger partial charge on any atom is -0.478 e. The third-order valence-electron chi connectivity index (χ3n) is 5.67. The van der Waals surface area contributed by atoms with Crippen molar-refractivity contribution in [2.75, 3.05) is 24.3 Å². The standard InChI is InChI=1S/C28H28N4O2S/c1-5-7-22-23(6-2)30-27(31-26(22)29-20-12-8-19(9-13-20)28(33)34)25-17-16-24(35-25)18-10-14-21(15-11-18)32(3)4/h5,8-17H,1,6-7H2,2-4H3,(H,33,34)(H,29,30,31). The fraction of sp³-hybridized carbons (Fsp3) is 0.179. The molecule has 0 aliphatic rings. The lowest BCUT2D eigenvalue weighted by atomic mass is 10.1. The van der Waals surface area contributed by atoms with Gasteiger partial charge in [-0.15, -0.1) is 17.9 Å². The number of nitrogens with zero attached hydrogens (tertiary/aromatic N) is 3. The minimum atomic E-state index is -0.952. The third-order valence-corrected chi connectivity index (χ3v) is 6.80. The summed E-state index contributed by atoms with van der Waals surface area (Å²) in [5.41, 5.74) is 5.27. The van der Waals surface area contributed by atoms with Gasteiger partial charge in [0.25, 0.3) is 0 Å². The molecule has 0 saturated carbocycles. The number of carboxylic acid groups (broad SMARTS) is 1. The Morgan fingerprint density at radius 2 is 1.71 bits per heavy atom. The molecule has 0 aliphatic heterocycles. The molecule has 35 heavy (non-hydrogen) atoms. The van der Waals surface area contributed by atoms with Crippen LogP contribution < -0.4 is 10.2 Å². The number of aromatic carboxylic acids is 1. The van der Waals surface area contributed by atoms with E-state index in [0.717, 1.165) is 44.4 Å². The zero-order valence-corrected chi connectivity index (χ0v) is 20.9. The van der Waals surface area contributed by atoms with E-state index in [9.17, 15) is 9.90 Å². The molecule has 0 amide bonds. The van der Waals surface area contributed by atoms with E-state index in [1.165, 1.54) is 0 Å². The number of hydrogen-bond acceptors (Lipinski definition) is 6. The number of thiophene rings is 1. The molecule has 2 aromatic heterocycles. The largest absolute Gasteiger partial charge is 0.478 e. The Bertz CT molecular complexity index is 1340. The molecule has 0 spiro atoms. The summed E-state index contributed by atoms with van der Waals surface area (Å²) in [6.45, 7) is 5.98. The van der Waals surface area contributed by atoms with Crippen molar-refractivity contribution in [2.45, 2.75) is 19.8 Å². The number of benzene rings is 2. The molecule has 0 unspecified atom stereocenters. The smallest absolute Gasteiger partial charge is 0.335 e. The number of aryl methyl sites for hydroxylation is 1. The number of carboxylic acids is 1. The second kappa shape index (κ2) is 10.5. The highest BCUT2D eigenvalue weighted by molar-refractivity contribution is 7.18. The van der Waals surface area contributed by atoms with E-state index in [1.54, 1.807) is 35.6 Å². The van der Waals surface area contributed by atoms with Gasteiger partial charge in [-0.3, -0.25) is 0 Å². The number of rotatable bonds is 9. The molecule has 178 valence electrons. The monoisotopic (exact) mass is 484 g/mol. The lowest BCUT2D eigenvalue weighted by molar-refractivity contribution is 0.0697. The van der Waals surface area contributed by atoms with Gasteiger partial charge in [0.2, 0.25) is 0 Å². The number of nitrogens with one attached hydrogen (secondary N) is 1. The van der Waals surface area contributed by atoms with Crippen LogP contribution in [0.15, 0.2) is 73.3 Å². The quantitative estimate of drug-likeness (QED) is 0.258. The molecule has 2 N–H and O–H groups in total. The van der Waals surface area contributed by atoms with Gasteiger partial charge in [-0.25, -0.2) is 14.8 Å². The summed E-state index contributed by atoms with van der Waals surface area (Å²) >= 11 is 1.66. The molecule has 0 bridgehead atoms. The van der Waals surface area contributed by atoms with Crippen LogP contribution in [0.5, 0.6) is 0 Å². The van der Waals surface area contributed by atoms with Crippen molar-refractivity contribution >= 4 is 34.5 Å². The first-order chi connectivity index (χ1) is 16.9. The van der Waals surface area contributed by atoms with Crippen LogP contribution in [0.3, 0.4) is 0 Å². The van der Waals surface area contributed by atoms with Crippen LogP contribution in [0, 0.1) is 0 Å². The first-order valence-corrected chi connectivity index (χ1v) is 12.2. The molecule has 0 fully saturated rings. The number of carbonyl (C=O) groups is 1. The average molecular weight is 485 g/mol. The molecule has 0 saturated heterocycles. The molecular formula is C28H28N4O2S. The van der Waals surface area contributed by atoms with E-state index < -0.39 is 5.97 Å². The summed E-state index contributed by atoms with van der Waals surface area (Å²) in [6.07, 6.45) is 3.24. The Hall–Kier alpha value is -3.97. The van der Waals surface area contributed by atoms with E-state index in [2.05, 4.69) is 60.1 Å². The maximum atomic E-state index is 11.2. The molecule has 0 atom stereocenters. The highest BCUT2D eigenvalue weighted by atomic mass is 32.1. The Balaban J connectivity index is 1.70. The average Bonchev–Trinajstić information content (AvgIpc) is 3.36. The summed E-state index contributed by atoms with van der Waals surface area (Å²) in [5, 5.41) is 12.6. The minimum absolute atomic E-state index is 0.240. The van der Waals surface area contributed by atoms with Gasteiger partial charge >= 0.3 is 5.97 Å². The Kier molecular flexibility index (Phi) is 7.27. The van der Waals surface area contributed by atoms with E-state index in [-0.39, 0.29) is 5.56 Å². The first kappa shape index (κ1) is 24.2. The summed E-state index contributed by atoms with van der Waals surface area (Å²) in [7, 11) is 4.06. The molecular weight excluding hydrogens is 456 g/mol. The maximum Gasteiger partial charge on any atom is 0.335 e. The fourth-order valence-electron chi connectivity index (χ4n) is 3.77. The Labute approximate surface area is 209 Å². The summed E-state index contributed by atoms with van der Waals surface area (Å²) < 4.78 is 0. The molecule has 4 rings (SSSR count). The van der Waals surface area contributed by atoms with Crippen molar-refractivity contribution in [3.8, 4) is 21.1 Å². The molecule has 2 heterocycles. The lowest BCUT2D eigenvalue weighted by Crippen LogP contribution is -2.07. The lowest BCUT2D eigenvalue weighted by Gasteiger charge is -2.15. The molecule has 0 radical (unpaired) electrons. The Morgan fingerprint density at radius 1 is 1.03 bits per heavy atom. The number of hydrogen-bond donors (Lipinski definition) is 2. The second-order valence-electron chi connectivity index (χ2n) is 8.28. The number of anilines is 3. The van der Waals surface area contributed by atoms with Gasteiger partial charge in [0.15, 0.2) is 5.82 Å². The molecule has 7 heteroatoms. The molecule has 0 aliphatic carbocycles. The zero-order valence-electron chi connectivity index (χ0n) is 20.1. The number of allylic oxidation sites excluding steroid dienone is 1. The van der Waals surface area contributed by atoms with Gasteiger partial charge in [-0.05, 0) is 66.9 Å². The SMILES string of the molecule is C=CCc1c(CC)nc(-c2ccc(-c3ccc(N(C)C)cc3)s2)nc1Nc1ccc(C(=O)O)cc1. The van der Waals surface area contributed by atoms with Crippen LogP contribution in [-0.2, 0) is 12.8 Å². The van der Waals surface area contributed by atoms with Crippen molar-refractivity contribution in [1.29, 1.82) is 0 Å². The van der Waals surface area contributed by atoms with Crippen LogP contribution in [0.2, 0.25) is 0 Å². The van der Waals surface area contributed by atoms with E-state index >= 15 is 0 Å². The van der Waals surface area contributed by atoms with Crippen molar-refractivity contribution in [2.24, 2.45) is 0 Å². The van der Waals surface area contributed by atoms with Crippen molar-refractivity contribution in [3.05, 3.63) is 90.1 Å². The predicted octanol–water partition coefficient (Wildman–Crippen LogP) is 6.67. The van der Waals surface area contributed by atoms with Gasteiger partial charge in [0.05, 0.1) is 10.4 Å². The maximum absolute atomic E-state index is 11.2. The van der Waals surface area contributed by atoms with Gasteiger partial charge in [0, 0.05) is 41.6 Å². The topological polar surface area (TPSA) is 78.4 Å². The van der Waals surface area contributed by atoms with Gasteiger partial charge in [0.1, 0.15) is 5.82 Å². The fourth-order valence-corrected chi connectivity index (χ4v) is 4.71. The van der Waals surface area contributed by atoms with Gasteiger partial charge in [-0.2, -0.15) is 0 Å². The normalized spacial score (nSPS) is 10.7. The van der Waals surface area contributed by atoms with Crippen LogP contribution in [0.1, 0.15) is 28.5 Å². The molecule has 4 aromatic rings. The van der Waals surface area contributed by atoms with Gasteiger partial charge in [-0.1, -0.05) is 25.1 Å². The molecule has 6 nitrogen and oxygen atoms in total. The van der Waals surface area contributed by atoms with Crippen LogP contribution in [-0.4, -0.2) is 35.1 Å². The van der Waals surface area contributed by atoms with Crippen LogP contribution >= 0.6 is 11.3 Å². The molecule has 2 aromatic carbocycles. The van der Waals surface area contributed by atoms with Crippen LogP contribution in [0.25, 0.3) is 21.1 Å². The second-order valence-corrected chi connectivity index (χ2v) is 9.36. The zero-order chi connectivity index (χ0) is 24.9.